The number of fused-ring (bicyclic) bond motifs is 1. The van der Waals surface area contributed by atoms with Crippen LogP contribution in [-0.4, -0.2) is 21.1 Å². The average molecular weight is 288 g/mol. The number of benzene rings is 1. The maximum Gasteiger partial charge on any atom is 0.146 e. The van der Waals surface area contributed by atoms with Crippen molar-refractivity contribution < 1.29 is 0 Å². The lowest BCUT2D eigenvalue weighted by Gasteiger charge is -2.01. The summed E-state index contributed by atoms with van der Waals surface area (Å²) in [6.07, 6.45) is 3.47. The summed E-state index contributed by atoms with van der Waals surface area (Å²) in [6, 6.07) is 7.61. The second kappa shape index (κ2) is 5.11. The Hall–Kier alpha value is -2.11. The van der Waals surface area contributed by atoms with Crippen molar-refractivity contribution in [2.45, 2.75) is 6.54 Å². The highest BCUT2D eigenvalue weighted by atomic mass is 35.5. The van der Waals surface area contributed by atoms with Crippen LogP contribution < -0.4 is 11.5 Å². The van der Waals surface area contributed by atoms with Gasteiger partial charge in [0.15, 0.2) is 0 Å². The molecule has 0 spiro atoms. The largest absolute Gasteiger partial charge is 0.383 e. The molecule has 0 unspecified atom stereocenters. The summed E-state index contributed by atoms with van der Waals surface area (Å²) in [5.41, 5.74) is 14.5. The van der Waals surface area contributed by atoms with Crippen molar-refractivity contribution in [3.8, 4) is 11.1 Å². The summed E-state index contributed by atoms with van der Waals surface area (Å²) >= 11 is 5.93. The molecule has 4 N–H and O–H groups in total. The van der Waals surface area contributed by atoms with Crippen LogP contribution in [0.4, 0.5) is 5.82 Å². The van der Waals surface area contributed by atoms with Crippen molar-refractivity contribution in [3.05, 3.63) is 41.8 Å². The van der Waals surface area contributed by atoms with Gasteiger partial charge in [-0.15, -0.1) is 0 Å². The highest BCUT2D eigenvalue weighted by Crippen LogP contribution is 2.32. The number of hydrogen-bond donors (Lipinski definition) is 2. The lowest BCUT2D eigenvalue weighted by atomic mass is 10.1. The fraction of sp³-hybridized carbons (Fsp3) is 0.143. The van der Waals surface area contributed by atoms with Crippen LogP contribution in [-0.2, 0) is 6.54 Å². The SMILES string of the molecule is NCCn1cc(-c2ccc(Cl)cc2)c2c(N)ncnc21. The van der Waals surface area contributed by atoms with E-state index < -0.39 is 0 Å². The summed E-state index contributed by atoms with van der Waals surface area (Å²) in [6.45, 7) is 1.22. The predicted molar refractivity (Wildman–Crippen MR) is 81.4 cm³/mol. The Balaban J connectivity index is 2.27. The molecular formula is C14H14ClN5. The number of nitrogens with zero attached hydrogens (tertiary/aromatic N) is 3. The zero-order valence-corrected chi connectivity index (χ0v) is 11.5. The summed E-state index contributed by atoms with van der Waals surface area (Å²) in [5, 5.41) is 1.55. The van der Waals surface area contributed by atoms with Gasteiger partial charge in [0.05, 0.1) is 5.39 Å². The van der Waals surface area contributed by atoms with Gasteiger partial charge in [0.2, 0.25) is 0 Å². The van der Waals surface area contributed by atoms with Crippen LogP contribution in [0.3, 0.4) is 0 Å². The lowest BCUT2D eigenvalue weighted by molar-refractivity contribution is 0.728. The molecule has 3 aromatic rings. The van der Waals surface area contributed by atoms with E-state index >= 15 is 0 Å². The molecule has 20 heavy (non-hydrogen) atoms. The summed E-state index contributed by atoms with van der Waals surface area (Å²) in [7, 11) is 0. The summed E-state index contributed by atoms with van der Waals surface area (Å²) < 4.78 is 2.00. The van der Waals surface area contributed by atoms with Gasteiger partial charge in [-0.05, 0) is 17.7 Å². The fourth-order valence-electron chi connectivity index (χ4n) is 2.30. The number of aromatic nitrogens is 3. The normalized spacial score (nSPS) is 11.1. The number of rotatable bonds is 3. The number of anilines is 1. The molecular weight excluding hydrogens is 274 g/mol. The van der Waals surface area contributed by atoms with Crippen LogP contribution in [0.25, 0.3) is 22.2 Å². The van der Waals surface area contributed by atoms with Crippen molar-refractivity contribution in [1.29, 1.82) is 0 Å². The first-order chi connectivity index (χ1) is 9.70. The minimum absolute atomic E-state index is 0.468. The monoisotopic (exact) mass is 287 g/mol. The Morgan fingerprint density at radius 3 is 2.60 bits per heavy atom. The molecule has 0 aliphatic heterocycles. The minimum atomic E-state index is 0.468. The number of nitrogens with two attached hydrogens (primary N) is 2. The first-order valence-corrected chi connectivity index (χ1v) is 6.64. The molecule has 102 valence electrons. The first kappa shape index (κ1) is 12.9. The van der Waals surface area contributed by atoms with Gasteiger partial charge in [-0.3, -0.25) is 0 Å². The van der Waals surface area contributed by atoms with Crippen LogP contribution in [0, 0.1) is 0 Å². The zero-order chi connectivity index (χ0) is 14.1. The highest BCUT2D eigenvalue weighted by Gasteiger charge is 2.14. The predicted octanol–water partition coefficient (Wildman–Crippen LogP) is 2.29. The van der Waals surface area contributed by atoms with Crippen molar-refractivity contribution in [2.24, 2.45) is 5.73 Å². The van der Waals surface area contributed by atoms with E-state index in [1.165, 1.54) is 6.33 Å². The van der Waals surface area contributed by atoms with Gasteiger partial charge < -0.3 is 16.0 Å². The van der Waals surface area contributed by atoms with E-state index in [1.807, 2.05) is 35.0 Å². The maximum atomic E-state index is 6.01. The van der Waals surface area contributed by atoms with Gasteiger partial charge >= 0.3 is 0 Å². The van der Waals surface area contributed by atoms with E-state index in [4.69, 9.17) is 23.1 Å². The molecule has 3 rings (SSSR count). The van der Waals surface area contributed by atoms with Gasteiger partial charge in [-0.1, -0.05) is 23.7 Å². The number of halogens is 1. The Morgan fingerprint density at radius 1 is 1.15 bits per heavy atom. The quantitative estimate of drug-likeness (QED) is 0.774. The van der Waals surface area contributed by atoms with Crippen molar-refractivity contribution in [3.63, 3.8) is 0 Å². The Bertz CT molecular complexity index is 748. The van der Waals surface area contributed by atoms with Gasteiger partial charge in [-0.25, -0.2) is 9.97 Å². The topological polar surface area (TPSA) is 82.8 Å². The van der Waals surface area contributed by atoms with E-state index in [9.17, 15) is 0 Å². The molecule has 5 nitrogen and oxygen atoms in total. The molecule has 0 aliphatic carbocycles. The molecule has 0 amide bonds. The van der Waals surface area contributed by atoms with E-state index in [0.717, 1.165) is 22.2 Å². The molecule has 0 saturated heterocycles. The van der Waals surface area contributed by atoms with E-state index in [1.54, 1.807) is 0 Å². The summed E-state index contributed by atoms with van der Waals surface area (Å²) in [4.78, 5) is 8.40. The second-order valence-electron chi connectivity index (χ2n) is 4.49. The second-order valence-corrected chi connectivity index (χ2v) is 4.93. The average Bonchev–Trinajstić information content (AvgIpc) is 2.81. The van der Waals surface area contributed by atoms with Gasteiger partial charge in [0.25, 0.3) is 0 Å². The smallest absolute Gasteiger partial charge is 0.146 e. The van der Waals surface area contributed by atoms with Crippen molar-refractivity contribution in [1.82, 2.24) is 14.5 Å². The van der Waals surface area contributed by atoms with Gasteiger partial charge in [-0.2, -0.15) is 0 Å². The van der Waals surface area contributed by atoms with Crippen LogP contribution in [0.5, 0.6) is 0 Å². The summed E-state index contributed by atoms with van der Waals surface area (Å²) in [5.74, 6) is 0.468. The Morgan fingerprint density at radius 2 is 1.90 bits per heavy atom. The van der Waals surface area contributed by atoms with Crippen LogP contribution in [0.1, 0.15) is 0 Å². The molecule has 1 aromatic carbocycles. The van der Waals surface area contributed by atoms with Crippen LogP contribution >= 0.6 is 11.6 Å². The van der Waals surface area contributed by atoms with Gasteiger partial charge in [0.1, 0.15) is 17.8 Å². The molecule has 0 bridgehead atoms. The fourth-order valence-corrected chi connectivity index (χ4v) is 2.43. The maximum absolute atomic E-state index is 6.01. The molecule has 0 aliphatic rings. The number of nitrogen functional groups attached to an aromatic ring is 1. The first-order valence-electron chi connectivity index (χ1n) is 6.26. The third-order valence-electron chi connectivity index (χ3n) is 3.21. The molecule has 6 heteroatoms. The van der Waals surface area contributed by atoms with Crippen molar-refractivity contribution >= 4 is 28.5 Å². The molecule has 2 aromatic heterocycles. The third-order valence-corrected chi connectivity index (χ3v) is 3.46. The number of hydrogen-bond acceptors (Lipinski definition) is 4. The molecule has 0 radical (unpaired) electrons. The zero-order valence-electron chi connectivity index (χ0n) is 10.8. The Kier molecular flexibility index (Phi) is 3.30. The Labute approximate surface area is 121 Å². The van der Waals surface area contributed by atoms with Crippen LogP contribution in [0.2, 0.25) is 5.02 Å². The standard InChI is InChI=1S/C14H14ClN5/c15-10-3-1-9(2-4-10)11-7-20(6-5-16)14-12(11)13(17)18-8-19-14/h1-4,7-8H,5-6,16H2,(H2,17,18,19). The van der Waals surface area contributed by atoms with Gasteiger partial charge in [0, 0.05) is 29.9 Å². The van der Waals surface area contributed by atoms with E-state index in [-0.39, 0.29) is 0 Å². The van der Waals surface area contributed by atoms with E-state index in [0.29, 0.717) is 23.9 Å². The van der Waals surface area contributed by atoms with Crippen molar-refractivity contribution in [2.75, 3.05) is 12.3 Å². The molecule has 0 fully saturated rings. The van der Waals surface area contributed by atoms with E-state index in [2.05, 4.69) is 9.97 Å². The molecule has 2 heterocycles. The minimum Gasteiger partial charge on any atom is -0.383 e. The third kappa shape index (κ3) is 2.11. The van der Waals surface area contributed by atoms with Crippen LogP contribution in [0.15, 0.2) is 36.8 Å². The molecule has 0 saturated carbocycles. The molecule has 0 atom stereocenters. The lowest BCUT2D eigenvalue weighted by Crippen LogP contribution is -2.09. The highest BCUT2D eigenvalue weighted by molar-refractivity contribution is 6.30.